The molecule has 0 spiro atoms. The van der Waals surface area contributed by atoms with Crippen LogP contribution in [0.2, 0.25) is 0 Å². The fraction of sp³-hybridized carbons (Fsp3) is 0.667. The van der Waals surface area contributed by atoms with Gasteiger partial charge in [0, 0.05) is 25.6 Å². The van der Waals surface area contributed by atoms with Crippen molar-refractivity contribution in [3.63, 3.8) is 0 Å². The summed E-state index contributed by atoms with van der Waals surface area (Å²) >= 11 is 0. The number of rotatable bonds is 6. The first-order valence-electron chi connectivity index (χ1n) is 9.91. The van der Waals surface area contributed by atoms with E-state index in [0.29, 0.717) is 18.4 Å². The SMILES string of the molecule is CC(N)C1CCN(C(=O)CCc2cccc(OC3CCCC3)c2)CC1. The molecule has 138 valence electrons. The van der Waals surface area contributed by atoms with Gasteiger partial charge in [-0.05, 0) is 75.5 Å². The van der Waals surface area contributed by atoms with E-state index < -0.39 is 0 Å². The summed E-state index contributed by atoms with van der Waals surface area (Å²) in [5, 5.41) is 0. The summed E-state index contributed by atoms with van der Waals surface area (Å²) in [5.41, 5.74) is 7.17. The first-order valence-corrected chi connectivity index (χ1v) is 9.91. The molecular weight excluding hydrogens is 312 g/mol. The molecule has 2 aliphatic rings. The fourth-order valence-corrected chi connectivity index (χ4v) is 4.06. The zero-order valence-corrected chi connectivity index (χ0v) is 15.5. The molecule has 1 aliphatic heterocycles. The third kappa shape index (κ3) is 5.21. The number of aryl methyl sites for hydroxylation is 1. The summed E-state index contributed by atoms with van der Waals surface area (Å²) in [6, 6.07) is 8.51. The first kappa shape index (κ1) is 18.2. The summed E-state index contributed by atoms with van der Waals surface area (Å²) in [5.74, 6) is 1.79. The number of likely N-dealkylation sites (tertiary alicyclic amines) is 1. The number of hydrogen-bond donors (Lipinski definition) is 1. The van der Waals surface area contributed by atoms with Gasteiger partial charge in [-0.2, -0.15) is 0 Å². The molecular formula is C21H32N2O2. The van der Waals surface area contributed by atoms with Gasteiger partial charge in [-0.15, -0.1) is 0 Å². The van der Waals surface area contributed by atoms with Gasteiger partial charge in [0.15, 0.2) is 0 Å². The number of ether oxygens (including phenoxy) is 1. The van der Waals surface area contributed by atoms with Crippen molar-refractivity contribution in [3.05, 3.63) is 29.8 Å². The van der Waals surface area contributed by atoms with Crippen molar-refractivity contribution in [2.24, 2.45) is 11.7 Å². The monoisotopic (exact) mass is 344 g/mol. The Balaban J connectivity index is 1.45. The number of hydrogen-bond acceptors (Lipinski definition) is 3. The molecule has 3 rings (SSSR count). The minimum atomic E-state index is 0.236. The third-order valence-corrected chi connectivity index (χ3v) is 5.77. The van der Waals surface area contributed by atoms with Gasteiger partial charge in [0.25, 0.3) is 0 Å². The Hall–Kier alpha value is -1.55. The lowest BCUT2D eigenvalue weighted by Crippen LogP contribution is -2.42. The van der Waals surface area contributed by atoms with Crippen LogP contribution in [0, 0.1) is 5.92 Å². The number of benzene rings is 1. The Morgan fingerprint density at radius 2 is 1.96 bits per heavy atom. The van der Waals surface area contributed by atoms with E-state index in [9.17, 15) is 4.79 Å². The Bertz CT molecular complexity index is 559. The molecule has 0 aromatic heterocycles. The Labute approximate surface area is 151 Å². The molecule has 1 saturated heterocycles. The first-order chi connectivity index (χ1) is 12.1. The molecule has 0 radical (unpaired) electrons. The van der Waals surface area contributed by atoms with Crippen molar-refractivity contribution in [2.45, 2.75) is 70.4 Å². The van der Waals surface area contributed by atoms with Gasteiger partial charge < -0.3 is 15.4 Å². The Morgan fingerprint density at radius 3 is 2.64 bits per heavy atom. The van der Waals surface area contributed by atoms with Crippen LogP contribution in [0.3, 0.4) is 0 Å². The highest BCUT2D eigenvalue weighted by molar-refractivity contribution is 5.76. The lowest BCUT2D eigenvalue weighted by molar-refractivity contribution is -0.132. The molecule has 1 atom stereocenters. The summed E-state index contributed by atoms with van der Waals surface area (Å²) in [6.45, 7) is 3.79. The van der Waals surface area contributed by atoms with E-state index in [0.717, 1.165) is 38.1 Å². The summed E-state index contributed by atoms with van der Waals surface area (Å²) in [6.07, 6.45) is 8.70. The van der Waals surface area contributed by atoms with Crippen LogP contribution in [0.15, 0.2) is 24.3 Å². The number of nitrogens with two attached hydrogens (primary N) is 1. The van der Waals surface area contributed by atoms with E-state index >= 15 is 0 Å². The molecule has 1 aliphatic carbocycles. The van der Waals surface area contributed by atoms with Crippen LogP contribution >= 0.6 is 0 Å². The standard InChI is InChI=1S/C21H32N2O2/c1-16(22)18-11-13-23(14-12-18)21(24)10-9-17-5-4-8-20(15-17)25-19-6-2-3-7-19/h4-5,8,15-16,18-19H,2-3,6-7,9-14,22H2,1H3. The van der Waals surface area contributed by atoms with Gasteiger partial charge in [-0.3, -0.25) is 4.79 Å². The number of carbonyl (C=O) groups excluding carboxylic acids is 1. The quantitative estimate of drug-likeness (QED) is 0.859. The van der Waals surface area contributed by atoms with Gasteiger partial charge in [0.2, 0.25) is 5.91 Å². The fourth-order valence-electron chi connectivity index (χ4n) is 4.06. The van der Waals surface area contributed by atoms with Crippen LogP contribution in [-0.2, 0) is 11.2 Å². The average Bonchev–Trinajstić information content (AvgIpc) is 3.13. The van der Waals surface area contributed by atoms with Crippen molar-refractivity contribution in [3.8, 4) is 5.75 Å². The van der Waals surface area contributed by atoms with E-state index in [-0.39, 0.29) is 11.9 Å². The molecule has 4 heteroatoms. The second-order valence-corrected chi connectivity index (χ2v) is 7.75. The maximum Gasteiger partial charge on any atom is 0.222 e. The average molecular weight is 344 g/mol. The largest absolute Gasteiger partial charge is 0.490 e. The van der Waals surface area contributed by atoms with Gasteiger partial charge >= 0.3 is 0 Å². The molecule has 4 nitrogen and oxygen atoms in total. The second-order valence-electron chi connectivity index (χ2n) is 7.75. The van der Waals surface area contributed by atoms with Gasteiger partial charge in [0.05, 0.1) is 6.10 Å². The van der Waals surface area contributed by atoms with Crippen LogP contribution in [0.25, 0.3) is 0 Å². The molecule has 2 N–H and O–H groups in total. The molecule has 2 fully saturated rings. The summed E-state index contributed by atoms with van der Waals surface area (Å²) < 4.78 is 6.07. The van der Waals surface area contributed by atoms with Crippen LogP contribution in [0.5, 0.6) is 5.75 Å². The minimum Gasteiger partial charge on any atom is -0.490 e. The molecule has 1 aromatic carbocycles. The summed E-state index contributed by atoms with van der Waals surface area (Å²) in [4.78, 5) is 14.5. The predicted octanol–water partition coefficient (Wildman–Crippen LogP) is 3.53. The minimum absolute atomic E-state index is 0.236. The molecule has 1 amide bonds. The van der Waals surface area contributed by atoms with E-state index in [2.05, 4.69) is 19.1 Å². The van der Waals surface area contributed by atoms with E-state index in [1.54, 1.807) is 0 Å². The van der Waals surface area contributed by atoms with Gasteiger partial charge in [-0.25, -0.2) is 0 Å². The molecule has 1 saturated carbocycles. The highest BCUT2D eigenvalue weighted by Crippen LogP contribution is 2.25. The van der Waals surface area contributed by atoms with Crippen molar-refractivity contribution < 1.29 is 9.53 Å². The van der Waals surface area contributed by atoms with Crippen LogP contribution in [-0.4, -0.2) is 36.0 Å². The normalized spacial score (nSPS) is 20.6. The van der Waals surface area contributed by atoms with E-state index in [4.69, 9.17) is 10.5 Å². The molecule has 25 heavy (non-hydrogen) atoms. The number of nitrogens with zero attached hydrogens (tertiary/aromatic N) is 1. The lowest BCUT2D eigenvalue weighted by Gasteiger charge is -2.33. The van der Waals surface area contributed by atoms with Gasteiger partial charge in [0.1, 0.15) is 5.75 Å². The topological polar surface area (TPSA) is 55.6 Å². The highest BCUT2D eigenvalue weighted by Gasteiger charge is 2.24. The number of amides is 1. The van der Waals surface area contributed by atoms with Crippen LogP contribution in [0.1, 0.15) is 57.4 Å². The smallest absolute Gasteiger partial charge is 0.222 e. The highest BCUT2D eigenvalue weighted by atomic mass is 16.5. The zero-order valence-electron chi connectivity index (χ0n) is 15.5. The second kappa shape index (κ2) is 8.70. The maximum atomic E-state index is 12.5. The van der Waals surface area contributed by atoms with Crippen molar-refractivity contribution >= 4 is 5.91 Å². The number of piperidine rings is 1. The number of carbonyl (C=O) groups is 1. The maximum absolute atomic E-state index is 12.5. The van der Waals surface area contributed by atoms with Crippen molar-refractivity contribution in [2.75, 3.05) is 13.1 Å². The molecule has 1 aromatic rings. The molecule has 1 unspecified atom stereocenters. The molecule has 1 heterocycles. The Morgan fingerprint density at radius 1 is 1.24 bits per heavy atom. The lowest BCUT2D eigenvalue weighted by atomic mass is 9.91. The third-order valence-electron chi connectivity index (χ3n) is 5.77. The van der Waals surface area contributed by atoms with Crippen LogP contribution in [0.4, 0.5) is 0 Å². The van der Waals surface area contributed by atoms with Crippen molar-refractivity contribution in [1.29, 1.82) is 0 Å². The molecule has 0 bridgehead atoms. The van der Waals surface area contributed by atoms with Gasteiger partial charge in [-0.1, -0.05) is 12.1 Å². The zero-order chi connectivity index (χ0) is 17.6. The van der Waals surface area contributed by atoms with E-state index in [1.807, 2.05) is 17.0 Å². The van der Waals surface area contributed by atoms with Crippen molar-refractivity contribution in [1.82, 2.24) is 4.90 Å². The van der Waals surface area contributed by atoms with Crippen LogP contribution < -0.4 is 10.5 Å². The Kier molecular flexibility index (Phi) is 6.35. The van der Waals surface area contributed by atoms with E-state index in [1.165, 1.54) is 31.2 Å². The predicted molar refractivity (Wildman–Crippen MR) is 101 cm³/mol. The summed E-state index contributed by atoms with van der Waals surface area (Å²) in [7, 11) is 0.